The van der Waals surface area contributed by atoms with Crippen LogP contribution in [0.2, 0.25) is 5.02 Å². The van der Waals surface area contributed by atoms with Crippen molar-refractivity contribution >= 4 is 45.8 Å². The molecule has 1 fully saturated rings. The predicted molar refractivity (Wildman–Crippen MR) is 144 cm³/mol. The number of hydrogen-bond acceptors (Lipinski definition) is 7. The highest BCUT2D eigenvalue weighted by molar-refractivity contribution is 6.30. The lowest BCUT2D eigenvalue weighted by molar-refractivity contribution is -0.138. The van der Waals surface area contributed by atoms with Gasteiger partial charge >= 0.3 is 0 Å². The summed E-state index contributed by atoms with van der Waals surface area (Å²) in [6.45, 7) is 1.38. The number of aliphatic imine (C=N–C) groups is 1. The zero-order valence-electron chi connectivity index (χ0n) is 21.6. The van der Waals surface area contributed by atoms with Gasteiger partial charge in [0.15, 0.2) is 24.1 Å². The normalized spacial score (nSPS) is 18.4. The fourth-order valence-electron chi connectivity index (χ4n) is 5.02. The van der Waals surface area contributed by atoms with Gasteiger partial charge in [-0.2, -0.15) is 5.11 Å². The lowest BCUT2D eigenvalue weighted by atomic mass is 10.0. The van der Waals surface area contributed by atoms with E-state index in [0.29, 0.717) is 28.1 Å². The molecule has 0 bridgehead atoms. The van der Waals surface area contributed by atoms with Gasteiger partial charge in [-0.25, -0.2) is 13.8 Å². The fraction of sp³-hybridized carbons (Fsp3) is 0.357. The number of ketones is 2. The van der Waals surface area contributed by atoms with E-state index in [2.05, 4.69) is 15.2 Å². The van der Waals surface area contributed by atoms with E-state index >= 15 is 0 Å². The van der Waals surface area contributed by atoms with Crippen molar-refractivity contribution < 1.29 is 27.9 Å². The summed E-state index contributed by atoms with van der Waals surface area (Å²) in [5, 5.41) is 8.24. The minimum Gasteiger partial charge on any atom is -0.485 e. The average molecular weight is 570 g/mol. The first kappa shape index (κ1) is 27.6. The van der Waals surface area contributed by atoms with Gasteiger partial charge < -0.3 is 14.2 Å². The number of alkyl halides is 1. The molecule has 3 aromatic rings. The van der Waals surface area contributed by atoms with E-state index < -0.39 is 23.9 Å². The molecule has 0 spiro atoms. The number of halogens is 3. The van der Waals surface area contributed by atoms with Gasteiger partial charge in [-0.1, -0.05) is 23.7 Å². The Morgan fingerprint density at radius 2 is 2.02 bits per heavy atom. The third kappa shape index (κ3) is 5.79. The Labute approximate surface area is 233 Å². The SMILES string of the molecule is CC(=O)c1cn(CC(=O)N2C[C@H](F)C[C@H]2C(=O)CCc2cccc(Cl)c2F)c2cc(OCC3=NCN=N3)ccc12. The quantitative estimate of drug-likeness (QED) is 0.321. The second-order valence-electron chi connectivity index (χ2n) is 9.73. The minimum absolute atomic E-state index is 0.0401. The standard InChI is InChI=1S/C28H26ClF2N5O4/c1-16(37)21-12-35(23-10-19(6-7-20(21)23)40-14-26-32-15-33-34-26)13-27(39)36-11-18(30)9-24(36)25(38)8-5-17-3-2-4-22(29)28(17)31/h2-4,6-7,10,12,18,24H,5,8-9,11,13-15H2,1H3/t18-,24+/m1/s1. The van der Waals surface area contributed by atoms with Crippen molar-refractivity contribution in [2.75, 3.05) is 19.8 Å². The Bertz CT molecular complexity index is 1550. The van der Waals surface area contributed by atoms with Crippen molar-refractivity contribution in [3.8, 4) is 5.75 Å². The summed E-state index contributed by atoms with van der Waals surface area (Å²) in [5.74, 6) is -0.658. The molecule has 0 N–H and O–H groups in total. The maximum atomic E-state index is 14.5. The molecule has 0 saturated carbocycles. The van der Waals surface area contributed by atoms with Crippen LogP contribution in [0.3, 0.4) is 0 Å². The third-order valence-electron chi connectivity index (χ3n) is 7.02. The van der Waals surface area contributed by atoms with Gasteiger partial charge in [-0.05, 0) is 37.1 Å². The number of likely N-dealkylation sites (tertiary alicyclic amines) is 1. The van der Waals surface area contributed by atoms with Crippen LogP contribution < -0.4 is 4.74 Å². The summed E-state index contributed by atoms with van der Waals surface area (Å²) in [6.07, 6.45) is 0.121. The molecule has 40 heavy (non-hydrogen) atoms. The van der Waals surface area contributed by atoms with E-state index in [1.54, 1.807) is 35.0 Å². The number of nitrogens with zero attached hydrogens (tertiary/aromatic N) is 5. The Hall–Kier alpha value is -3.99. The first-order valence-corrected chi connectivity index (χ1v) is 13.2. The molecule has 2 aliphatic rings. The summed E-state index contributed by atoms with van der Waals surface area (Å²) in [6, 6.07) is 8.73. The number of benzene rings is 2. The number of Topliss-reactive ketones (excluding diaryl/α,β-unsaturated/α-hetero) is 2. The lowest BCUT2D eigenvalue weighted by Gasteiger charge is -2.24. The summed E-state index contributed by atoms with van der Waals surface area (Å²) in [5.41, 5.74) is 1.27. The molecule has 2 aliphatic heterocycles. The molecular weight excluding hydrogens is 544 g/mol. The number of aryl methyl sites for hydroxylation is 1. The molecule has 2 aromatic carbocycles. The van der Waals surface area contributed by atoms with Crippen LogP contribution >= 0.6 is 11.6 Å². The zero-order chi connectivity index (χ0) is 28.4. The van der Waals surface area contributed by atoms with E-state index in [1.165, 1.54) is 24.0 Å². The van der Waals surface area contributed by atoms with Crippen LogP contribution in [0.15, 0.2) is 57.8 Å². The molecule has 9 nitrogen and oxygen atoms in total. The monoisotopic (exact) mass is 569 g/mol. The number of carbonyl (C=O) groups excluding carboxylic acids is 3. The lowest BCUT2D eigenvalue weighted by Crippen LogP contribution is -2.42. The number of carbonyl (C=O) groups is 3. The van der Waals surface area contributed by atoms with Crippen LogP contribution in [0, 0.1) is 5.82 Å². The van der Waals surface area contributed by atoms with E-state index in [-0.39, 0.29) is 67.8 Å². The molecule has 1 saturated heterocycles. The minimum atomic E-state index is -1.36. The number of rotatable bonds is 10. The van der Waals surface area contributed by atoms with Crippen molar-refractivity contribution in [3.05, 3.63) is 64.6 Å². The molecule has 0 radical (unpaired) electrons. The molecule has 0 aliphatic carbocycles. The Balaban J connectivity index is 1.33. The van der Waals surface area contributed by atoms with Gasteiger partial charge in [-0.15, -0.1) is 5.11 Å². The number of amides is 1. The fourth-order valence-corrected chi connectivity index (χ4v) is 5.22. The van der Waals surface area contributed by atoms with Crippen LogP contribution in [0.1, 0.15) is 35.7 Å². The number of hydrogen-bond donors (Lipinski definition) is 0. The molecule has 208 valence electrons. The number of fused-ring (bicyclic) bond motifs is 1. The summed E-state index contributed by atoms with van der Waals surface area (Å²) >= 11 is 5.83. The van der Waals surface area contributed by atoms with Gasteiger partial charge in [-0.3, -0.25) is 14.4 Å². The predicted octanol–water partition coefficient (Wildman–Crippen LogP) is 4.98. The Morgan fingerprint density at radius 1 is 1.20 bits per heavy atom. The molecule has 0 unspecified atom stereocenters. The molecule has 12 heteroatoms. The first-order valence-electron chi connectivity index (χ1n) is 12.8. The van der Waals surface area contributed by atoms with Gasteiger partial charge in [0.2, 0.25) is 5.91 Å². The van der Waals surface area contributed by atoms with Gasteiger partial charge in [0, 0.05) is 36.1 Å². The molecule has 1 amide bonds. The number of azo groups is 1. The number of amidine groups is 1. The van der Waals surface area contributed by atoms with Crippen LogP contribution in [0.25, 0.3) is 10.9 Å². The molecular formula is C28H26ClF2N5O4. The summed E-state index contributed by atoms with van der Waals surface area (Å²) in [7, 11) is 0. The van der Waals surface area contributed by atoms with E-state index in [4.69, 9.17) is 16.3 Å². The van der Waals surface area contributed by atoms with Crippen molar-refractivity contribution in [1.82, 2.24) is 9.47 Å². The topological polar surface area (TPSA) is 106 Å². The zero-order valence-corrected chi connectivity index (χ0v) is 22.4. The number of aromatic nitrogens is 1. The van der Waals surface area contributed by atoms with Crippen molar-refractivity contribution in [1.29, 1.82) is 0 Å². The number of ether oxygens (including phenoxy) is 1. The van der Waals surface area contributed by atoms with Crippen molar-refractivity contribution in [2.45, 2.75) is 44.9 Å². The van der Waals surface area contributed by atoms with Crippen molar-refractivity contribution in [3.63, 3.8) is 0 Å². The third-order valence-corrected chi connectivity index (χ3v) is 7.32. The van der Waals surface area contributed by atoms with Crippen LogP contribution in [0.4, 0.5) is 8.78 Å². The average Bonchev–Trinajstić information content (AvgIpc) is 3.67. The summed E-state index contributed by atoms with van der Waals surface area (Å²) in [4.78, 5) is 44.1. The maximum absolute atomic E-state index is 14.5. The van der Waals surface area contributed by atoms with E-state index in [9.17, 15) is 23.2 Å². The van der Waals surface area contributed by atoms with Gasteiger partial charge in [0.25, 0.3) is 0 Å². The first-order chi connectivity index (χ1) is 19.2. The van der Waals surface area contributed by atoms with Crippen molar-refractivity contribution in [2.24, 2.45) is 15.2 Å². The molecule has 1 aromatic heterocycles. The Morgan fingerprint density at radius 3 is 2.77 bits per heavy atom. The van der Waals surface area contributed by atoms with Crippen LogP contribution in [-0.4, -0.2) is 64.8 Å². The Kier molecular flexibility index (Phi) is 8.02. The van der Waals surface area contributed by atoms with Gasteiger partial charge in [0.1, 0.15) is 30.9 Å². The van der Waals surface area contributed by atoms with Gasteiger partial charge in [0.05, 0.1) is 23.1 Å². The van der Waals surface area contributed by atoms with E-state index in [1.807, 2.05) is 0 Å². The molecule has 3 heterocycles. The largest absolute Gasteiger partial charge is 0.485 e. The van der Waals surface area contributed by atoms with Crippen LogP contribution in [0.5, 0.6) is 5.75 Å². The second-order valence-corrected chi connectivity index (χ2v) is 10.1. The second kappa shape index (κ2) is 11.6. The maximum Gasteiger partial charge on any atom is 0.243 e. The van der Waals surface area contributed by atoms with Crippen LogP contribution in [-0.2, 0) is 22.6 Å². The molecule has 5 rings (SSSR count). The molecule has 2 atom stereocenters. The van der Waals surface area contributed by atoms with E-state index in [0.717, 1.165) is 0 Å². The highest BCUT2D eigenvalue weighted by atomic mass is 35.5. The smallest absolute Gasteiger partial charge is 0.243 e. The summed E-state index contributed by atoms with van der Waals surface area (Å²) < 4.78 is 36.1. The highest BCUT2D eigenvalue weighted by Crippen LogP contribution is 2.29. The highest BCUT2D eigenvalue weighted by Gasteiger charge is 2.39.